The van der Waals surface area contributed by atoms with E-state index in [1.165, 1.54) is 0 Å². The lowest BCUT2D eigenvalue weighted by atomic mass is 9.76. The first-order chi connectivity index (χ1) is 10.1. The van der Waals surface area contributed by atoms with Crippen molar-refractivity contribution in [3.05, 3.63) is 29.8 Å². The molecule has 21 heavy (non-hydrogen) atoms. The fourth-order valence-corrected chi connectivity index (χ4v) is 2.59. The number of para-hydroxylation sites is 1. The highest BCUT2D eigenvalue weighted by Gasteiger charge is 2.53. The van der Waals surface area contributed by atoms with Crippen molar-refractivity contribution in [2.75, 3.05) is 6.61 Å². The summed E-state index contributed by atoms with van der Waals surface area (Å²) >= 11 is 0. The van der Waals surface area contributed by atoms with E-state index in [0.717, 1.165) is 0 Å². The maximum atomic E-state index is 12.5. The first-order valence-electron chi connectivity index (χ1n) is 6.82. The Labute approximate surface area is 122 Å². The predicted molar refractivity (Wildman–Crippen MR) is 73.8 cm³/mol. The molecule has 1 aromatic carbocycles. The predicted octanol–water partition coefficient (Wildman–Crippen LogP) is 1.77. The summed E-state index contributed by atoms with van der Waals surface area (Å²) in [4.78, 5) is 35.8. The van der Waals surface area contributed by atoms with Gasteiger partial charge in [0, 0.05) is 5.56 Å². The molecule has 0 saturated carbocycles. The van der Waals surface area contributed by atoms with Gasteiger partial charge in [0.25, 0.3) is 0 Å². The highest BCUT2D eigenvalue weighted by atomic mass is 16.6. The Morgan fingerprint density at radius 3 is 2.76 bits per heavy atom. The molecular weight excluding hydrogens is 274 g/mol. The van der Waals surface area contributed by atoms with Crippen LogP contribution in [-0.2, 0) is 19.9 Å². The van der Waals surface area contributed by atoms with Crippen LogP contribution in [0.15, 0.2) is 24.3 Å². The number of hydrogen-bond acceptors (Lipinski definition) is 5. The number of aldehydes is 1. The Balaban J connectivity index is 2.67. The van der Waals surface area contributed by atoms with E-state index in [2.05, 4.69) is 5.32 Å². The van der Waals surface area contributed by atoms with Crippen LogP contribution in [0.2, 0.25) is 0 Å². The van der Waals surface area contributed by atoms with Gasteiger partial charge in [-0.25, -0.2) is 9.59 Å². The summed E-state index contributed by atoms with van der Waals surface area (Å²) < 4.78 is 10.2. The summed E-state index contributed by atoms with van der Waals surface area (Å²) in [6.45, 7) is 3.58. The molecule has 2 atom stereocenters. The van der Waals surface area contributed by atoms with Gasteiger partial charge < -0.3 is 19.6 Å². The number of fused-ring (bicyclic) bond motifs is 1. The number of rotatable bonds is 5. The van der Waals surface area contributed by atoms with E-state index in [1.807, 2.05) is 0 Å². The molecule has 0 radical (unpaired) electrons. The van der Waals surface area contributed by atoms with Crippen LogP contribution in [0.4, 0.5) is 4.79 Å². The molecule has 1 heterocycles. The summed E-state index contributed by atoms with van der Waals surface area (Å²) in [7, 11) is 0. The summed E-state index contributed by atoms with van der Waals surface area (Å²) in [5, 5.41) is 2.51. The van der Waals surface area contributed by atoms with E-state index in [0.29, 0.717) is 18.3 Å². The largest absolute Gasteiger partial charge is 0.464 e. The molecule has 0 unspecified atom stereocenters. The molecule has 6 nitrogen and oxygen atoms in total. The Kier molecular flexibility index (Phi) is 4.26. The first kappa shape index (κ1) is 15.0. The second-order valence-corrected chi connectivity index (χ2v) is 4.69. The highest BCUT2D eigenvalue weighted by molar-refractivity contribution is 5.93. The van der Waals surface area contributed by atoms with Crippen LogP contribution in [0.5, 0.6) is 5.75 Å². The zero-order valence-electron chi connectivity index (χ0n) is 11.9. The smallest absolute Gasteiger partial charge is 0.413 e. The summed E-state index contributed by atoms with van der Waals surface area (Å²) in [6.07, 6.45) is 0.262. The van der Waals surface area contributed by atoms with Crippen molar-refractivity contribution in [3.8, 4) is 5.75 Å². The first-order valence-corrected chi connectivity index (χ1v) is 6.82. The maximum Gasteiger partial charge on any atom is 0.413 e. The summed E-state index contributed by atoms with van der Waals surface area (Å²) in [5.41, 5.74) is -1.11. The average Bonchev–Trinajstić information content (AvgIpc) is 2.48. The second kappa shape index (κ2) is 5.95. The Morgan fingerprint density at radius 1 is 1.43 bits per heavy atom. The summed E-state index contributed by atoms with van der Waals surface area (Å²) in [6, 6.07) is 6.64. The number of carbonyl (C=O) groups excluding carboxylic acids is 3. The molecule has 0 fully saturated rings. The van der Waals surface area contributed by atoms with Crippen molar-refractivity contribution in [1.82, 2.24) is 5.32 Å². The lowest BCUT2D eigenvalue weighted by Gasteiger charge is -2.39. The van der Waals surface area contributed by atoms with E-state index in [-0.39, 0.29) is 12.4 Å². The Bertz CT molecular complexity index is 571. The van der Waals surface area contributed by atoms with E-state index in [1.54, 1.807) is 38.1 Å². The van der Waals surface area contributed by atoms with Crippen molar-refractivity contribution in [1.29, 1.82) is 0 Å². The number of hydrogen-bond donors (Lipinski definition) is 1. The third kappa shape index (κ3) is 2.37. The summed E-state index contributed by atoms with van der Waals surface area (Å²) in [5.74, 6) is -1.15. The minimum absolute atomic E-state index is 0.148. The highest BCUT2D eigenvalue weighted by Crippen LogP contribution is 2.40. The molecule has 2 rings (SSSR count). The molecule has 0 aromatic heterocycles. The normalized spacial score (nSPS) is 21.5. The number of benzene rings is 1. The third-order valence-electron chi connectivity index (χ3n) is 3.57. The minimum atomic E-state index is -1.54. The van der Waals surface area contributed by atoms with Crippen molar-refractivity contribution < 1.29 is 23.9 Å². The third-order valence-corrected chi connectivity index (χ3v) is 3.57. The van der Waals surface area contributed by atoms with Gasteiger partial charge >= 0.3 is 12.1 Å². The van der Waals surface area contributed by atoms with Crippen LogP contribution < -0.4 is 10.1 Å². The maximum absolute atomic E-state index is 12.5. The molecule has 112 valence electrons. The van der Waals surface area contributed by atoms with Gasteiger partial charge in [-0.2, -0.15) is 0 Å². The van der Waals surface area contributed by atoms with Crippen LogP contribution in [0.25, 0.3) is 0 Å². The lowest BCUT2D eigenvalue weighted by Crippen LogP contribution is -2.60. The Morgan fingerprint density at radius 2 is 2.14 bits per heavy atom. The molecule has 1 amide bonds. The van der Waals surface area contributed by atoms with E-state index in [9.17, 15) is 14.4 Å². The SMILES string of the molecule is CCOC(=O)[C@]1([C@H](C=O)CC)NC(=O)Oc2ccccc21. The van der Waals surface area contributed by atoms with Gasteiger partial charge in [0.2, 0.25) is 0 Å². The van der Waals surface area contributed by atoms with Crippen molar-refractivity contribution in [3.63, 3.8) is 0 Å². The molecule has 1 aromatic rings. The number of ether oxygens (including phenoxy) is 2. The minimum Gasteiger partial charge on any atom is -0.464 e. The van der Waals surface area contributed by atoms with Crippen molar-refractivity contribution in [2.24, 2.45) is 5.92 Å². The van der Waals surface area contributed by atoms with Gasteiger partial charge in [-0.15, -0.1) is 0 Å². The second-order valence-electron chi connectivity index (χ2n) is 4.69. The van der Waals surface area contributed by atoms with Gasteiger partial charge in [0.15, 0.2) is 5.54 Å². The molecule has 0 aliphatic carbocycles. The standard InChI is InChI=1S/C15H17NO5/c1-3-10(9-17)15(13(18)20-4-2)11-7-5-6-8-12(11)21-14(19)16-15/h5-10H,3-4H2,1-2H3,(H,16,19)/t10-,15+/m0/s1. The number of carbonyl (C=O) groups is 3. The quantitative estimate of drug-likeness (QED) is 0.660. The monoisotopic (exact) mass is 291 g/mol. The van der Waals surface area contributed by atoms with Gasteiger partial charge in [-0.1, -0.05) is 25.1 Å². The van der Waals surface area contributed by atoms with E-state index in [4.69, 9.17) is 9.47 Å². The molecular formula is C15H17NO5. The van der Waals surface area contributed by atoms with Crippen molar-refractivity contribution >= 4 is 18.3 Å². The van der Waals surface area contributed by atoms with Crippen LogP contribution >= 0.6 is 0 Å². The molecule has 1 aliphatic heterocycles. The van der Waals surface area contributed by atoms with E-state index < -0.39 is 23.5 Å². The fraction of sp³-hybridized carbons (Fsp3) is 0.400. The fourth-order valence-electron chi connectivity index (χ4n) is 2.59. The zero-order valence-corrected chi connectivity index (χ0v) is 11.9. The molecule has 0 bridgehead atoms. The van der Waals surface area contributed by atoms with Crippen molar-refractivity contribution in [2.45, 2.75) is 25.8 Å². The van der Waals surface area contributed by atoms with Gasteiger partial charge in [-0.05, 0) is 19.4 Å². The molecule has 6 heteroatoms. The molecule has 0 spiro atoms. The van der Waals surface area contributed by atoms with E-state index >= 15 is 0 Å². The van der Waals surface area contributed by atoms with Gasteiger partial charge in [-0.3, -0.25) is 0 Å². The van der Waals surface area contributed by atoms with Crippen LogP contribution in [-0.4, -0.2) is 25.0 Å². The Hall–Kier alpha value is -2.37. The molecule has 1 N–H and O–H groups in total. The molecule has 1 aliphatic rings. The number of esters is 1. The number of amides is 1. The average molecular weight is 291 g/mol. The van der Waals surface area contributed by atoms with Gasteiger partial charge in [0.05, 0.1) is 12.5 Å². The van der Waals surface area contributed by atoms with Crippen LogP contribution in [0.1, 0.15) is 25.8 Å². The number of nitrogens with one attached hydrogen (secondary N) is 1. The lowest BCUT2D eigenvalue weighted by molar-refractivity contribution is -0.156. The van der Waals surface area contributed by atoms with Gasteiger partial charge in [0.1, 0.15) is 12.0 Å². The zero-order chi connectivity index (χ0) is 15.5. The topological polar surface area (TPSA) is 81.7 Å². The van der Waals surface area contributed by atoms with Crippen LogP contribution in [0, 0.1) is 5.92 Å². The molecule has 0 saturated heterocycles. The van der Waals surface area contributed by atoms with Crippen LogP contribution in [0.3, 0.4) is 0 Å².